The first-order chi connectivity index (χ1) is 7.42. The van der Waals surface area contributed by atoms with Crippen molar-refractivity contribution in [1.82, 2.24) is 4.98 Å². The number of pyridine rings is 1. The van der Waals surface area contributed by atoms with Gasteiger partial charge in [0.05, 0.1) is 5.69 Å². The Hall–Kier alpha value is -1.15. The Labute approximate surface area is 91.2 Å². The molecule has 2 rings (SSSR count). The zero-order valence-electron chi connectivity index (χ0n) is 9.08. The van der Waals surface area contributed by atoms with Crippen molar-refractivity contribution in [1.29, 1.82) is 0 Å². The van der Waals surface area contributed by atoms with Gasteiger partial charge in [-0.2, -0.15) is 0 Å². The largest absolute Gasteiger partial charge is 0.330 e. The van der Waals surface area contributed by atoms with Crippen molar-refractivity contribution in [3.8, 4) is 0 Å². The zero-order valence-corrected chi connectivity index (χ0v) is 9.08. The third kappa shape index (κ3) is 2.45. The summed E-state index contributed by atoms with van der Waals surface area (Å²) in [6.45, 7) is 0.817. The molecule has 0 amide bonds. The number of allylic oxidation sites excluding steroid dienone is 2. The Bertz CT molecular complexity index is 355. The molecule has 0 saturated heterocycles. The molecule has 1 aromatic rings. The number of nitrogens with two attached hydrogens (primary N) is 1. The van der Waals surface area contributed by atoms with Gasteiger partial charge in [-0.25, -0.2) is 0 Å². The molecule has 2 nitrogen and oxygen atoms in total. The van der Waals surface area contributed by atoms with E-state index in [0.29, 0.717) is 0 Å². The standard InChI is InChI=1S/C13H18N2/c14-9-3-1-2-5-11-7-8-13-12(11)6-4-10-15-13/h4,6-7,10H,1-3,5,8-9,14H2. The van der Waals surface area contributed by atoms with E-state index >= 15 is 0 Å². The average Bonchev–Trinajstić information content (AvgIpc) is 2.68. The Morgan fingerprint density at radius 2 is 2.20 bits per heavy atom. The molecule has 1 aliphatic carbocycles. The quantitative estimate of drug-likeness (QED) is 0.745. The third-order valence-corrected chi connectivity index (χ3v) is 2.93. The maximum atomic E-state index is 5.47. The van der Waals surface area contributed by atoms with Crippen LogP contribution in [-0.4, -0.2) is 11.5 Å². The van der Waals surface area contributed by atoms with Crippen molar-refractivity contribution in [2.75, 3.05) is 6.54 Å². The molecule has 1 aliphatic rings. The van der Waals surface area contributed by atoms with Crippen molar-refractivity contribution in [3.63, 3.8) is 0 Å². The van der Waals surface area contributed by atoms with Crippen molar-refractivity contribution < 1.29 is 0 Å². The second kappa shape index (κ2) is 5.08. The lowest BCUT2D eigenvalue weighted by Gasteiger charge is -2.04. The van der Waals surface area contributed by atoms with Gasteiger partial charge < -0.3 is 5.73 Å². The molecule has 0 unspecified atom stereocenters. The molecule has 0 bridgehead atoms. The zero-order chi connectivity index (χ0) is 10.5. The highest BCUT2D eigenvalue weighted by atomic mass is 14.7. The van der Waals surface area contributed by atoms with Gasteiger partial charge in [-0.3, -0.25) is 4.98 Å². The van der Waals surface area contributed by atoms with Crippen LogP contribution in [0.25, 0.3) is 5.57 Å². The van der Waals surface area contributed by atoms with Crippen LogP contribution in [0.15, 0.2) is 24.4 Å². The van der Waals surface area contributed by atoms with E-state index in [9.17, 15) is 0 Å². The van der Waals surface area contributed by atoms with Crippen LogP contribution in [-0.2, 0) is 6.42 Å². The first-order valence-electron chi connectivity index (χ1n) is 5.75. The normalized spacial score (nSPS) is 13.8. The van der Waals surface area contributed by atoms with Gasteiger partial charge >= 0.3 is 0 Å². The lowest BCUT2D eigenvalue weighted by molar-refractivity contribution is 0.700. The smallest absolute Gasteiger partial charge is 0.0516 e. The van der Waals surface area contributed by atoms with Crippen molar-refractivity contribution in [2.24, 2.45) is 5.73 Å². The Kier molecular flexibility index (Phi) is 3.51. The van der Waals surface area contributed by atoms with Crippen LogP contribution in [0.4, 0.5) is 0 Å². The number of fused-ring (bicyclic) bond motifs is 1. The topological polar surface area (TPSA) is 38.9 Å². The highest BCUT2D eigenvalue weighted by Crippen LogP contribution is 2.29. The van der Waals surface area contributed by atoms with E-state index in [1.807, 2.05) is 12.3 Å². The summed E-state index contributed by atoms with van der Waals surface area (Å²) in [6.07, 6.45) is 10.0. The van der Waals surface area contributed by atoms with Gasteiger partial charge in [0.2, 0.25) is 0 Å². The number of hydrogen-bond donors (Lipinski definition) is 1. The van der Waals surface area contributed by atoms with Gasteiger partial charge in [-0.05, 0) is 43.0 Å². The van der Waals surface area contributed by atoms with Gasteiger partial charge in [0.25, 0.3) is 0 Å². The summed E-state index contributed by atoms with van der Waals surface area (Å²) in [5.41, 5.74) is 9.56. The van der Waals surface area contributed by atoms with Gasteiger partial charge in [-0.1, -0.05) is 18.6 Å². The third-order valence-electron chi connectivity index (χ3n) is 2.93. The second-order valence-electron chi connectivity index (χ2n) is 4.03. The first-order valence-corrected chi connectivity index (χ1v) is 5.75. The highest BCUT2D eigenvalue weighted by molar-refractivity contribution is 5.71. The number of rotatable bonds is 5. The van der Waals surface area contributed by atoms with Gasteiger partial charge in [0, 0.05) is 12.6 Å². The summed E-state index contributed by atoms with van der Waals surface area (Å²) in [5, 5.41) is 0. The fourth-order valence-corrected chi connectivity index (χ4v) is 2.10. The van der Waals surface area contributed by atoms with E-state index in [1.165, 1.54) is 36.1 Å². The van der Waals surface area contributed by atoms with Crippen LogP contribution in [0.1, 0.15) is 36.9 Å². The molecule has 80 valence electrons. The molecule has 0 saturated carbocycles. The monoisotopic (exact) mass is 202 g/mol. The lowest BCUT2D eigenvalue weighted by Crippen LogP contribution is -1.97. The summed E-state index contributed by atoms with van der Waals surface area (Å²) in [5.74, 6) is 0. The number of nitrogens with zero attached hydrogens (tertiary/aromatic N) is 1. The Morgan fingerprint density at radius 1 is 1.27 bits per heavy atom. The van der Waals surface area contributed by atoms with E-state index in [2.05, 4.69) is 17.1 Å². The van der Waals surface area contributed by atoms with Crippen molar-refractivity contribution in [2.45, 2.75) is 32.1 Å². The minimum absolute atomic E-state index is 0.817. The molecular formula is C13H18N2. The minimum atomic E-state index is 0.817. The molecule has 1 heterocycles. The van der Waals surface area contributed by atoms with Crippen LogP contribution >= 0.6 is 0 Å². The van der Waals surface area contributed by atoms with Gasteiger partial charge in [0.1, 0.15) is 0 Å². The molecular weight excluding hydrogens is 184 g/mol. The number of unbranched alkanes of at least 4 members (excludes halogenated alkanes) is 2. The predicted octanol–water partition coefficient (Wildman–Crippen LogP) is 2.54. The summed E-state index contributed by atoms with van der Waals surface area (Å²) in [6, 6.07) is 4.21. The maximum Gasteiger partial charge on any atom is 0.0516 e. The van der Waals surface area contributed by atoms with Crippen LogP contribution in [0, 0.1) is 0 Å². The second-order valence-corrected chi connectivity index (χ2v) is 4.03. The number of hydrogen-bond acceptors (Lipinski definition) is 2. The summed E-state index contributed by atoms with van der Waals surface area (Å²) < 4.78 is 0. The van der Waals surface area contributed by atoms with E-state index in [1.54, 1.807) is 0 Å². The van der Waals surface area contributed by atoms with E-state index < -0.39 is 0 Å². The summed E-state index contributed by atoms with van der Waals surface area (Å²) in [4.78, 5) is 4.38. The van der Waals surface area contributed by atoms with Gasteiger partial charge in [0.15, 0.2) is 0 Å². The van der Waals surface area contributed by atoms with Gasteiger partial charge in [-0.15, -0.1) is 0 Å². The minimum Gasteiger partial charge on any atom is -0.330 e. The molecule has 2 N–H and O–H groups in total. The van der Waals surface area contributed by atoms with E-state index in [-0.39, 0.29) is 0 Å². The first kappa shape index (κ1) is 10.4. The molecule has 0 radical (unpaired) electrons. The van der Waals surface area contributed by atoms with Crippen LogP contribution in [0.2, 0.25) is 0 Å². The summed E-state index contributed by atoms with van der Waals surface area (Å²) >= 11 is 0. The fraction of sp³-hybridized carbons (Fsp3) is 0.462. The van der Waals surface area contributed by atoms with Crippen LogP contribution < -0.4 is 5.73 Å². The molecule has 1 aromatic heterocycles. The molecule has 15 heavy (non-hydrogen) atoms. The SMILES string of the molecule is NCCCCCC1=CCc2ncccc21. The summed E-state index contributed by atoms with van der Waals surface area (Å²) in [7, 11) is 0. The molecule has 0 fully saturated rings. The molecule has 0 aliphatic heterocycles. The Morgan fingerprint density at radius 3 is 3.07 bits per heavy atom. The maximum absolute atomic E-state index is 5.47. The van der Waals surface area contributed by atoms with E-state index in [0.717, 1.165) is 19.4 Å². The van der Waals surface area contributed by atoms with Crippen LogP contribution in [0.5, 0.6) is 0 Å². The highest BCUT2D eigenvalue weighted by Gasteiger charge is 2.13. The fourth-order valence-electron chi connectivity index (χ4n) is 2.10. The van der Waals surface area contributed by atoms with Crippen LogP contribution in [0.3, 0.4) is 0 Å². The molecule has 0 aromatic carbocycles. The molecule has 0 spiro atoms. The molecule has 0 atom stereocenters. The lowest BCUT2D eigenvalue weighted by atomic mass is 10.0. The van der Waals surface area contributed by atoms with Crippen molar-refractivity contribution in [3.05, 3.63) is 35.7 Å². The van der Waals surface area contributed by atoms with E-state index in [4.69, 9.17) is 5.73 Å². The van der Waals surface area contributed by atoms with Crippen molar-refractivity contribution >= 4 is 5.57 Å². The Balaban J connectivity index is 1.90. The molecule has 2 heteroatoms. The number of aromatic nitrogens is 1. The predicted molar refractivity (Wildman–Crippen MR) is 63.4 cm³/mol. The average molecular weight is 202 g/mol.